The molecule has 0 aromatic rings. The summed E-state index contributed by atoms with van der Waals surface area (Å²) in [4.78, 5) is 0. The molecule has 4 unspecified atom stereocenters. The lowest BCUT2D eigenvalue weighted by molar-refractivity contribution is -0.195. The minimum absolute atomic E-state index is 0.262. The van der Waals surface area contributed by atoms with Crippen molar-refractivity contribution in [1.82, 2.24) is 0 Å². The fourth-order valence-electron chi connectivity index (χ4n) is 0.916. The van der Waals surface area contributed by atoms with Gasteiger partial charge in [0.1, 0.15) is 24.4 Å². The number of hydrogen-bond acceptors (Lipinski definition) is 5. The maximum atomic E-state index is 9.18. The van der Waals surface area contributed by atoms with Crippen molar-refractivity contribution < 1.29 is 26.5 Å². The predicted molar refractivity (Wildman–Crippen MR) is 34.8 cm³/mol. The van der Waals surface area contributed by atoms with Crippen LogP contribution in [-0.2, 0) is 4.74 Å². The van der Waals surface area contributed by atoms with Crippen LogP contribution in [0.3, 0.4) is 0 Å². The molecule has 5 nitrogen and oxygen atoms in total. The van der Waals surface area contributed by atoms with E-state index in [-0.39, 0.29) is 6.61 Å². The average molecular weight is 165 g/mol. The maximum Gasteiger partial charge on any atom is 0.111 e. The zero-order valence-corrected chi connectivity index (χ0v) is 5.84. The third kappa shape index (κ3) is 1.69. The molecule has 0 aromatic carbocycles. The van der Waals surface area contributed by atoms with Crippen LogP contribution in [0.15, 0.2) is 0 Å². The zero-order valence-electron chi connectivity index (χ0n) is 6.84. The van der Waals surface area contributed by atoms with Gasteiger partial charge >= 0.3 is 0 Å². The molecule has 1 saturated heterocycles. The van der Waals surface area contributed by atoms with E-state index in [0.717, 1.165) is 0 Å². The van der Waals surface area contributed by atoms with Crippen molar-refractivity contribution in [2.75, 3.05) is 13.2 Å². The molecular weight excluding hydrogens is 152 g/mol. The second-order valence-electron chi connectivity index (χ2n) is 2.44. The molecule has 0 amide bonds. The molecule has 11 heavy (non-hydrogen) atoms. The fraction of sp³-hybridized carbons (Fsp3) is 1.00. The van der Waals surface area contributed by atoms with Crippen molar-refractivity contribution >= 4 is 0 Å². The Bertz CT molecular complexity index is 166. The lowest BCUT2D eigenvalue weighted by Crippen LogP contribution is -2.53. The van der Waals surface area contributed by atoms with Crippen molar-refractivity contribution in [2.24, 2.45) is 0 Å². The van der Waals surface area contributed by atoms with Crippen LogP contribution in [0.2, 0.25) is 0 Å². The van der Waals surface area contributed by atoms with E-state index >= 15 is 0 Å². The van der Waals surface area contributed by atoms with E-state index in [1.54, 1.807) is 0 Å². The van der Waals surface area contributed by atoms with Crippen molar-refractivity contribution in [2.45, 2.75) is 24.4 Å². The summed E-state index contributed by atoms with van der Waals surface area (Å²) in [5.41, 5.74) is 0. The second kappa shape index (κ2) is 3.46. The SMILES string of the molecule is [2H]C1(CO)OCC(O)C(O)C1O. The van der Waals surface area contributed by atoms with Crippen LogP contribution in [0.25, 0.3) is 0 Å². The summed E-state index contributed by atoms with van der Waals surface area (Å²) >= 11 is 0. The summed E-state index contributed by atoms with van der Waals surface area (Å²) in [5.74, 6) is 0. The molecule has 0 radical (unpaired) electrons. The summed E-state index contributed by atoms with van der Waals surface area (Å²) in [6, 6.07) is 0. The first-order chi connectivity index (χ1) is 5.51. The van der Waals surface area contributed by atoms with Gasteiger partial charge in [0.25, 0.3) is 0 Å². The van der Waals surface area contributed by atoms with Crippen molar-refractivity contribution in [3.63, 3.8) is 0 Å². The lowest BCUT2D eigenvalue weighted by atomic mass is 10.0. The largest absolute Gasteiger partial charge is 0.394 e. The molecule has 66 valence electrons. The quantitative estimate of drug-likeness (QED) is 0.344. The van der Waals surface area contributed by atoms with Gasteiger partial charge in [-0.1, -0.05) is 0 Å². The first kappa shape index (κ1) is 7.45. The fourth-order valence-corrected chi connectivity index (χ4v) is 0.916. The number of aliphatic hydroxyl groups is 4. The molecule has 0 aromatic heterocycles. The maximum absolute atomic E-state index is 9.18. The second-order valence-corrected chi connectivity index (χ2v) is 2.44. The molecular formula is C6H12O5. The van der Waals surface area contributed by atoms with Gasteiger partial charge in [0, 0.05) is 0 Å². The summed E-state index contributed by atoms with van der Waals surface area (Å²) < 4.78 is 12.0. The van der Waals surface area contributed by atoms with E-state index in [1.165, 1.54) is 0 Å². The molecule has 1 aliphatic heterocycles. The molecule has 1 heterocycles. The Morgan fingerprint density at radius 3 is 2.55 bits per heavy atom. The Kier molecular flexibility index (Phi) is 2.35. The van der Waals surface area contributed by atoms with Crippen LogP contribution >= 0.6 is 0 Å². The van der Waals surface area contributed by atoms with Crippen LogP contribution in [0.4, 0.5) is 0 Å². The van der Waals surface area contributed by atoms with Crippen LogP contribution in [0.1, 0.15) is 1.37 Å². The van der Waals surface area contributed by atoms with Gasteiger partial charge in [-0.05, 0) is 0 Å². The minimum Gasteiger partial charge on any atom is -0.394 e. The van der Waals surface area contributed by atoms with Crippen molar-refractivity contribution in [3.8, 4) is 0 Å². The Hall–Kier alpha value is -0.200. The highest BCUT2D eigenvalue weighted by molar-refractivity contribution is 4.85. The van der Waals surface area contributed by atoms with Gasteiger partial charge in [-0.15, -0.1) is 0 Å². The molecule has 1 aliphatic rings. The molecule has 4 N–H and O–H groups in total. The summed E-state index contributed by atoms with van der Waals surface area (Å²) in [6.45, 7) is -0.986. The lowest BCUT2D eigenvalue weighted by Gasteiger charge is -2.34. The number of ether oxygens (including phenoxy) is 1. The molecule has 0 spiro atoms. The first-order valence-corrected chi connectivity index (χ1v) is 3.30. The molecule has 1 fully saturated rings. The van der Waals surface area contributed by atoms with Gasteiger partial charge < -0.3 is 25.2 Å². The van der Waals surface area contributed by atoms with Crippen LogP contribution in [0.5, 0.6) is 0 Å². The molecule has 0 saturated carbocycles. The third-order valence-corrected chi connectivity index (χ3v) is 1.64. The standard InChI is InChI=1S/C6H12O5/c7-1-4-6(10)5(9)3(8)2-11-4/h3-10H,1-2H2/i4D. The Morgan fingerprint density at radius 1 is 1.36 bits per heavy atom. The number of aliphatic hydroxyl groups excluding tert-OH is 4. The zero-order chi connectivity index (χ0) is 9.35. The molecule has 4 atom stereocenters. The van der Waals surface area contributed by atoms with E-state index in [0.29, 0.717) is 0 Å². The van der Waals surface area contributed by atoms with Gasteiger partial charge in [-0.3, -0.25) is 0 Å². The van der Waals surface area contributed by atoms with E-state index in [1.807, 2.05) is 0 Å². The number of rotatable bonds is 1. The van der Waals surface area contributed by atoms with Crippen LogP contribution < -0.4 is 0 Å². The van der Waals surface area contributed by atoms with Gasteiger partial charge in [-0.2, -0.15) is 0 Å². The molecule has 1 rings (SSSR count). The van der Waals surface area contributed by atoms with Gasteiger partial charge in [-0.25, -0.2) is 0 Å². The van der Waals surface area contributed by atoms with E-state index in [9.17, 15) is 5.11 Å². The summed E-state index contributed by atoms with van der Waals surface area (Å²) in [5, 5.41) is 35.9. The third-order valence-electron chi connectivity index (χ3n) is 1.64. The average Bonchev–Trinajstić information content (AvgIpc) is 2.09. The van der Waals surface area contributed by atoms with Crippen molar-refractivity contribution in [3.05, 3.63) is 0 Å². The van der Waals surface area contributed by atoms with Gasteiger partial charge in [0.2, 0.25) is 0 Å². The van der Waals surface area contributed by atoms with Gasteiger partial charge in [0.15, 0.2) is 0 Å². The van der Waals surface area contributed by atoms with E-state index in [2.05, 4.69) is 4.74 Å². The summed E-state index contributed by atoms with van der Waals surface area (Å²) in [7, 11) is 0. The summed E-state index contributed by atoms with van der Waals surface area (Å²) in [6.07, 6.45) is -6.15. The van der Waals surface area contributed by atoms with Crippen molar-refractivity contribution in [1.29, 1.82) is 0 Å². The van der Waals surface area contributed by atoms with E-state index in [4.69, 9.17) is 16.7 Å². The van der Waals surface area contributed by atoms with Crippen LogP contribution in [0, 0.1) is 0 Å². The minimum atomic E-state index is -1.92. The molecule has 0 bridgehead atoms. The normalized spacial score (nSPS) is 53.8. The predicted octanol–water partition coefficient (Wildman–Crippen LogP) is -2.54. The van der Waals surface area contributed by atoms with Crippen LogP contribution in [-0.4, -0.2) is 58.0 Å². The molecule has 0 aliphatic carbocycles. The Labute approximate surface area is 65.3 Å². The highest BCUT2D eigenvalue weighted by atomic mass is 16.5. The van der Waals surface area contributed by atoms with E-state index < -0.39 is 31.0 Å². The smallest absolute Gasteiger partial charge is 0.111 e. The first-order valence-electron chi connectivity index (χ1n) is 3.80. The molecule has 5 heteroatoms. The Morgan fingerprint density at radius 2 is 2.00 bits per heavy atom. The topological polar surface area (TPSA) is 90.2 Å². The number of hydrogen-bond donors (Lipinski definition) is 4. The highest BCUT2D eigenvalue weighted by Crippen LogP contribution is 2.14. The van der Waals surface area contributed by atoms with Gasteiger partial charge in [0.05, 0.1) is 14.6 Å². The Balaban J connectivity index is 2.71. The monoisotopic (exact) mass is 165 g/mol. The highest BCUT2D eigenvalue weighted by Gasteiger charge is 2.36.